The van der Waals surface area contributed by atoms with Crippen LogP contribution in [0.4, 0.5) is 5.69 Å². The van der Waals surface area contributed by atoms with E-state index in [-0.39, 0.29) is 17.4 Å². The average Bonchev–Trinajstić information content (AvgIpc) is 2.63. The Labute approximate surface area is 168 Å². The van der Waals surface area contributed by atoms with Crippen LogP contribution in [-0.2, 0) is 10.2 Å². The zero-order valence-corrected chi connectivity index (χ0v) is 17.9. The van der Waals surface area contributed by atoms with Crippen LogP contribution in [0.25, 0.3) is 10.9 Å². The highest BCUT2D eigenvalue weighted by atomic mass is 16.5. The average molecular weight is 387 g/mol. The minimum Gasteiger partial charge on any atom is -0.497 e. The molecule has 0 spiro atoms. The van der Waals surface area contributed by atoms with E-state index in [9.17, 15) is 4.79 Å². The van der Waals surface area contributed by atoms with E-state index < -0.39 is 6.04 Å². The van der Waals surface area contributed by atoms with E-state index in [4.69, 9.17) is 15.5 Å². The number of hydrogen-bond donors (Lipinski definition) is 3. The summed E-state index contributed by atoms with van der Waals surface area (Å²) in [6.45, 7) is 10.9. The van der Waals surface area contributed by atoms with Crippen molar-refractivity contribution in [3.05, 3.63) is 30.0 Å². The number of ether oxygens (including phenoxy) is 1. The van der Waals surface area contributed by atoms with Gasteiger partial charge in [0.05, 0.1) is 24.4 Å². The summed E-state index contributed by atoms with van der Waals surface area (Å²) in [6, 6.07) is 7.94. The van der Waals surface area contributed by atoms with Crippen LogP contribution >= 0.6 is 0 Å². The Bertz CT molecular complexity index is 812. The monoisotopic (exact) mass is 386 g/mol. The van der Waals surface area contributed by atoms with Gasteiger partial charge in [-0.05, 0) is 38.8 Å². The predicted octanol–water partition coefficient (Wildman–Crippen LogP) is 3.58. The van der Waals surface area contributed by atoms with E-state index >= 15 is 0 Å². The first-order valence-corrected chi connectivity index (χ1v) is 9.91. The molecule has 1 aromatic heterocycles. The molecule has 2 rings (SSSR count). The van der Waals surface area contributed by atoms with Crippen LogP contribution in [0.3, 0.4) is 0 Å². The number of nitrogens with one attached hydrogen (secondary N) is 2. The van der Waals surface area contributed by atoms with Gasteiger partial charge in [0, 0.05) is 35.1 Å². The van der Waals surface area contributed by atoms with Crippen LogP contribution in [0.1, 0.15) is 53.2 Å². The van der Waals surface area contributed by atoms with Crippen molar-refractivity contribution in [2.45, 2.75) is 65.0 Å². The van der Waals surface area contributed by atoms with Crippen molar-refractivity contribution >= 4 is 22.5 Å². The van der Waals surface area contributed by atoms with Crippen molar-refractivity contribution in [3.8, 4) is 5.75 Å². The number of carbonyl (C=O) groups excluding carboxylic acids is 1. The van der Waals surface area contributed by atoms with Crippen molar-refractivity contribution in [2.24, 2.45) is 5.73 Å². The maximum Gasteiger partial charge on any atom is 0.236 e. The summed E-state index contributed by atoms with van der Waals surface area (Å²) in [5.74, 6) is 0.690. The van der Waals surface area contributed by atoms with Crippen molar-refractivity contribution in [1.29, 1.82) is 0 Å². The molecule has 4 N–H and O–H groups in total. The van der Waals surface area contributed by atoms with Crippen molar-refractivity contribution < 1.29 is 9.53 Å². The van der Waals surface area contributed by atoms with Crippen LogP contribution in [-0.4, -0.2) is 36.6 Å². The number of carbonyl (C=O) groups is 1. The minimum atomic E-state index is -0.471. The van der Waals surface area contributed by atoms with E-state index in [0.29, 0.717) is 6.54 Å². The molecule has 1 amide bonds. The summed E-state index contributed by atoms with van der Waals surface area (Å²) in [7, 11) is 1.67. The van der Waals surface area contributed by atoms with Gasteiger partial charge < -0.3 is 21.1 Å². The number of nitrogens with zero attached hydrogens (tertiary/aromatic N) is 1. The van der Waals surface area contributed by atoms with Crippen molar-refractivity contribution in [2.75, 3.05) is 19.0 Å². The summed E-state index contributed by atoms with van der Waals surface area (Å²) in [5.41, 5.74) is 8.51. The minimum absolute atomic E-state index is 0.0185. The number of hydrogen-bond acceptors (Lipinski definition) is 5. The molecule has 0 aliphatic heterocycles. The van der Waals surface area contributed by atoms with Gasteiger partial charge in [0.1, 0.15) is 5.75 Å². The van der Waals surface area contributed by atoms with Crippen molar-refractivity contribution in [3.63, 3.8) is 0 Å². The van der Waals surface area contributed by atoms with Gasteiger partial charge in [-0.1, -0.05) is 26.8 Å². The molecule has 0 radical (unpaired) electrons. The molecule has 6 heteroatoms. The Kier molecular flexibility index (Phi) is 7.24. The first kappa shape index (κ1) is 22.0. The number of benzene rings is 1. The number of rotatable bonds is 8. The standard InChI is InChI=1S/C22H34N4O2/c1-14(8-7-11-24-21(27)15(2)23)25-18-13-17(28-6)12-16-9-10-19(22(3,4)5)26-20(16)18/h9-10,12-15,25H,7-8,11,23H2,1-6H3,(H,24,27). The molecular weight excluding hydrogens is 352 g/mol. The third-order valence-corrected chi connectivity index (χ3v) is 4.70. The molecule has 0 aliphatic carbocycles. The van der Waals surface area contributed by atoms with Crippen LogP contribution in [0.2, 0.25) is 0 Å². The van der Waals surface area contributed by atoms with E-state index in [0.717, 1.165) is 40.9 Å². The van der Waals surface area contributed by atoms with Gasteiger partial charge in [-0.25, -0.2) is 0 Å². The lowest BCUT2D eigenvalue weighted by Gasteiger charge is -2.21. The number of amides is 1. The number of pyridine rings is 1. The molecule has 0 saturated carbocycles. The fraction of sp³-hybridized carbons (Fsp3) is 0.545. The number of methoxy groups -OCH3 is 1. The van der Waals surface area contributed by atoms with Gasteiger partial charge in [0.25, 0.3) is 0 Å². The smallest absolute Gasteiger partial charge is 0.236 e. The highest BCUT2D eigenvalue weighted by molar-refractivity contribution is 5.92. The van der Waals surface area contributed by atoms with Gasteiger partial charge in [0.2, 0.25) is 5.91 Å². The maximum atomic E-state index is 11.5. The zero-order valence-electron chi connectivity index (χ0n) is 17.9. The maximum absolute atomic E-state index is 11.5. The van der Waals surface area contributed by atoms with E-state index in [1.54, 1.807) is 14.0 Å². The van der Waals surface area contributed by atoms with Gasteiger partial charge in [0.15, 0.2) is 0 Å². The lowest BCUT2D eigenvalue weighted by Crippen LogP contribution is -2.38. The van der Waals surface area contributed by atoms with Gasteiger partial charge in [-0.15, -0.1) is 0 Å². The van der Waals surface area contributed by atoms with Crippen LogP contribution in [0.15, 0.2) is 24.3 Å². The predicted molar refractivity (Wildman–Crippen MR) is 116 cm³/mol. The molecule has 0 aliphatic rings. The quantitative estimate of drug-likeness (QED) is 0.603. The van der Waals surface area contributed by atoms with Gasteiger partial charge in [-0.3, -0.25) is 9.78 Å². The zero-order chi connectivity index (χ0) is 20.9. The molecular formula is C22H34N4O2. The van der Waals surface area contributed by atoms with Crippen LogP contribution in [0, 0.1) is 0 Å². The largest absolute Gasteiger partial charge is 0.497 e. The second-order valence-corrected chi connectivity index (χ2v) is 8.46. The first-order valence-electron chi connectivity index (χ1n) is 9.91. The Balaban J connectivity index is 2.14. The second-order valence-electron chi connectivity index (χ2n) is 8.46. The molecule has 1 aromatic carbocycles. The third-order valence-electron chi connectivity index (χ3n) is 4.70. The molecule has 0 fully saturated rings. The van der Waals surface area contributed by atoms with E-state index in [1.807, 2.05) is 12.1 Å². The molecule has 1 heterocycles. The molecule has 2 unspecified atom stereocenters. The fourth-order valence-corrected chi connectivity index (χ4v) is 2.97. The van der Waals surface area contributed by atoms with Gasteiger partial charge >= 0.3 is 0 Å². The van der Waals surface area contributed by atoms with Crippen LogP contribution < -0.4 is 21.1 Å². The molecule has 0 bridgehead atoms. The van der Waals surface area contributed by atoms with E-state index in [2.05, 4.69) is 50.5 Å². The molecule has 154 valence electrons. The highest BCUT2D eigenvalue weighted by Crippen LogP contribution is 2.31. The Morgan fingerprint density at radius 1 is 1.25 bits per heavy atom. The number of nitrogens with two attached hydrogens (primary N) is 1. The number of aromatic nitrogens is 1. The Morgan fingerprint density at radius 3 is 2.57 bits per heavy atom. The molecule has 28 heavy (non-hydrogen) atoms. The van der Waals surface area contributed by atoms with E-state index in [1.165, 1.54) is 0 Å². The fourth-order valence-electron chi connectivity index (χ4n) is 2.97. The molecule has 6 nitrogen and oxygen atoms in total. The summed E-state index contributed by atoms with van der Waals surface area (Å²) in [6.07, 6.45) is 1.78. The Hall–Kier alpha value is -2.34. The van der Waals surface area contributed by atoms with Crippen molar-refractivity contribution in [1.82, 2.24) is 10.3 Å². The SMILES string of the molecule is COc1cc(NC(C)CCCNC(=O)C(C)N)c2nc(C(C)(C)C)ccc2c1. The summed E-state index contributed by atoms with van der Waals surface area (Å²) < 4.78 is 5.46. The molecule has 0 saturated heterocycles. The molecule has 2 atom stereocenters. The number of anilines is 1. The Morgan fingerprint density at radius 2 is 1.96 bits per heavy atom. The second kappa shape index (κ2) is 9.24. The third kappa shape index (κ3) is 5.83. The van der Waals surface area contributed by atoms with Gasteiger partial charge in [-0.2, -0.15) is 0 Å². The highest BCUT2D eigenvalue weighted by Gasteiger charge is 2.17. The lowest BCUT2D eigenvalue weighted by atomic mass is 9.91. The summed E-state index contributed by atoms with van der Waals surface area (Å²) >= 11 is 0. The normalized spacial score (nSPS) is 13.8. The summed E-state index contributed by atoms with van der Waals surface area (Å²) in [4.78, 5) is 16.5. The topological polar surface area (TPSA) is 89.3 Å². The van der Waals surface area contributed by atoms with Crippen LogP contribution in [0.5, 0.6) is 5.75 Å². The molecule has 2 aromatic rings. The number of fused-ring (bicyclic) bond motifs is 1. The first-order chi connectivity index (χ1) is 13.1. The summed E-state index contributed by atoms with van der Waals surface area (Å²) in [5, 5.41) is 7.47. The lowest BCUT2D eigenvalue weighted by molar-refractivity contribution is -0.121.